The maximum absolute atomic E-state index is 14.0. The fourth-order valence-electron chi connectivity index (χ4n) is 2.25. The minimum absolute atomic E-state index is 0.0802. The maximum atomic E-state index is 14.0. The Kier molecular flexibility index (Phi) is 8.42. The minimum Gasteiger partial charge on any atom is -0.388 e. The summed E-state index contributed by atoms with van der Waals surface area (Å²) >= 11 is 5.29. The number of halogens is 3. The number of methoxy groups -OCH3 is 1. The van der Waals surface area contributed by atoms with Gasteiger partial charge in [0.25, 0.3) is 5.91 Å². The van der Waals surface area contributed by atoms with Gasteiger partial charge in [-0.3, -0.25) is 9.63 Å². The zero-order valence-corrected chi connectivity index (χ0v) is 18.4. The summed E-state index contributed by atoms with van der Waals surface area (Å²) in [7, 11) is 1.45. The molecule has 2 rings (SSSR count). The number of carbonyl (C=O) groups excluding carboxylic acids is 1. The second kappa shape index (κ2) is 10.3. The van der Waals surface area contributed by atoms with Crippen LogP contribution in [0.5, 0.6) is 0 Å². The smallest absolute Gasteiger partial charge is 0.276 e. The van der Waals surface area contributed by atoms with Gasteiger partial charge in [0.2, 0.25) is 0 Å². The molecule has 0 aliphatic carbocycles. The Balaban J connectivity index is 2.19. The van der Waals surface area contributed by atoms with Crippen LogP contribution in [0, 0.1) is 16.3 Å². The van der Waals surface area contributed by atoms with Gasteiger partial charge in [-0.05, 0) is 81.3 Å². The molecule has 0 fully saturated rings. The molecule has 27 heavy (non-hydrogen) atoms. The van der Waals surface area contributed by atoms with Crippen molar-refractivity contribution < 1.29 is 23.9 Å². The quantitative estimate of drug-likeness (QED) is 0.342. The van der Waals surface area contributed by atoms with Crippen LogP contribution in [-0.2, 0) is 9.57 Å². The Morgan fingerprint density at radius 1 is 1.30 bits per heavy atom. The molecule has 0 bridgehead atoms. The van der Waals surface area contributed by atoms with Gasteiger partial charge in [-0.25, -0.2) is 9.87 Å². The molecule has 6 nitrogen and oxygen atoms in total. The summed E-state index contributed by atoms with van der Waals surface area (Å²) in [6, 6.07) is 8.33. The summed E-state index contributed by atoms with van der Waals surface area (Å²) < 4.78 is 20.0. The number of aliphatic hydroxyl groups is 1. The molecule has 9 heteroatoms. The van der Waals surface area contributed by atoms with Crippen molar-refractivity contribution in [2.45, 2.75) is 13.0 Å². The molecule has 0 saturated heterocycles. The van der Waals surface area contributed by atoms with Crippen molar-refractivity contribution in [3.63, 3.8) is 0 Å². The number of rotatable bonds is 8. The van der Waals surface area contributed by atoms with Crippen LogP contribution in [0.15, 0.2) is 34.8 Å². The first kappa shape index (κ1) is 22.0. The number of benzene rings is 2. The minimum atomic E-state index is -0.873. The molecule has 1 unspecified atom stereocenters. The molecule has 3 N–H and O–H groups in total. The number of carbonyl (C=O) groups is 1. The van der Waals surface area contributed by atoms with E-state index >= 15 is 0 Å². The fraction of sp³-hybridized carbons (Fsp3) is 0.278. The van der Waals surface area contributed by atoms with Crippen molar-refractivity contribution in [2.24, 2.45) is 0 Å². The summed E-state index contributed by atoms with van der Waals surface area (Å²) in [5.41, 5.74) is 4.43. The van der Waals surface area contributed by atoms with Crippen LogP contribution in [0.1, 0.15) is 15.9 Å². The molecular formula is C18H19BrFIN2O4. The first-order chi connectivity index (χ1) is 12.8. The van der Waals surface area contributed by atoms with Crippen LogP contribution in [0.25, 0.3) is 0 Å². The summed E-state index contributed by atoms with van der Waals surface area (Å²) in [6.45, 7) is 1.86. The highest BCUT2D eigenvalue weighted by atomic mass is 127. The van der Waals surface area contributed by atoms with Crippen molar-refractivity contribution in [1.82, 2.24) is 5.48 Å². The monoisotopic (exact) mass is 552 g/mol. The third-order valence-electron chi connectivity index (χ3n) is 3.56. The topological polar surface area (TPSA) is 79.8 Å². The van der Waals surface area contributed by atoms with Crippen LogP contribution in [0.3, 0.4) is 0 Å². The van der Waals surface area contributed by atoms with Crippen LogP contribution in [-0.4, -0.2) is 37.4 Å². The molecule has 2 aromatic carbocycles. The molecule has 146 valence electrons. The summed E-state index contributed by atoms with van der Waals surface area (Å²) in [5, 5.41) is 12.6. The molecular weight excluding hydrogens is 534 g/mol. The molecule has 1 amide bonds. The highest BCUT2D eigenvalue weighted by molar-refractivity contribution is 14.1. The van der Waals surface area contributed by atoms with E-state index in [9.17, 15) is 14.3 Å². The van der Waals surface area contributed by atoms with Crippen molar-refractivity contribution in [1.29, 1.82) is 0 Å². The SMILES string of the molecule is COCC(O)CONC(=O)c1cc(Br)c(F)cc1Nc1ccc(I)cc1C. The molecule has 0 heterocycles. The Morgan fingerprint density at radius 2 is 2.04 bits per heavy atom. The standard InChI is InChI=1S/C18H19BrFIN2O4/c1-10-5-11(21)3-4-16(10)22-17-7-15(20)14(19)6-13(17)18(25)23-27-9-12(24)8-26-2/h3-7,12,22,24H,8-9H2,1-2H3,(H,23,25). The molecule has 0 aromatic heterocycles. The van der Waals surface area contributed by atoms with Crippen LogP contribution in [0.2, 0.25) is 0 Å². The predicted octanol–water partition coefficient (Wildman–Crippen LogP) is 3.91. The second-order valence-electron chi connectivity index (χ2n) is 5.75. The zero-order valence-electron chi connectivity index (χ0n) is 14.7. The molecule has 1 atom stereocenters. The van der Waals surface area contributed by atoms with Crippen molar-refractivity contribution in [2.75, 3.05) is 25.6 Å². The number of aryl methyl sites for hydroxylation is 1. The Bertz CT molecular complexity index is 822. The van der Waals surface area contributed by atoms with E-state index in [1.54, 1.807) is 0 Å². The lowest BCUT2D eigenvalue weighted by atomic mass is 10.1. The summed E-state index contributed by atoms with van der Waals surface area (Å²) in [5.74, 6) is -1.08. The predicted molar refractivity (Wildman–Crippen MR) is 113 cm³/mol. The molecule has 0 spiro atoms. The summed E-state index contributed by atoms with van der Waals surface area (Å²) in [4.78, 5) is 17.5. The van der Waals surface area contributed by atoms with E-state index in [-0.39, 0.29) is 23.2 Å². The highest BCUT2D eigenvalue weighted by Crippen LogP contribution is 2.29. The van der Waals surface area contributed by atoms with Gasteiger partial charge >= 0.3 is 0 Å². The normalized spacial score (nSPS) is 11.9. The van der Waals surface area contributed by atoms with Gasteiger partial charge in [0.15, 0.2) is 0 Å². The van der Waals surface area contributed by atoms with Gasteiger partial charge in [0.05, 0.1) is 22.3 Å². The average molecular weight is 553 g/mol. The molecule has 2 aromatic rings. The second-order valence-corrected chi connectivity index (χ2v) is 7.85. The lowest BCUT2D eigenvalue weighted by molar-refractivity contribution is -0.0365. The lowest BCUT2D eigenvalue weighted by Gasteiger charge is -2.16. The van der Waals surface area contributed by atoms with Gasteiger partial charge in [0, 0.05) is 16.4 Å². The van der Waals surface area contributed by atoms with Crippen LogP contribution < -0.4 is 10.8 Å². The largest absolute Gasteiger partial charge is 0.388 e. The van der Waals surface area contributed by atoms with E-state index in [4.69, 9.17) is 9.57 Å². The number of anilines is 2. The summed E-state index contributed by atoms with van der Waals surface area (Å²) in [6.07, 6.45) is -0.873. The first-order valence-electron chi connectivity index (χ1n) is 7.93. The lowest BCUT2D eigenvalue weighted by Crippen LogP contribution is -2.30. The Hall–Kier alpha value is -1.27. The number of hydrogen-bond acceptors (Lipinski definition) is 5. The molecule has 0 aliphatic heterocycles. The van der Waals surface area contributed by atoms with E-state index in [1.165, 1.54) is 19.2 Å². The number of hydroxylamine groups is 1. The first-order valence-corrected chi connectivity index (χ1v) is 9.80. The fourth-order valence-corrected chi connectivity index (χ4v) is 3.24. The molecule has 0 saturated carbocycles. The van der Waals surface area contributed by atoms with Gasteiger partial charge in [-0.1, -0.05) is 0 Å². The average Bonchev–Trinajstić information content (AvgIpc) is 2.60. The third-order valence-corrected chi connectivity index (χ3v) is 4.84. The number of ether oxygens (including phenoxy) is 1. The van der Waals surface area contributed by atoms with Crippen molar-refractivity contribution in [3.05, 3.63) is 55.3 Å². The Labute approximate surface area is 178 Å². The van der Waals surface area contributed by atoms with Gasteiger partial charge in [-0.15, -0.1) is 0 Å². The van der Waals surface area contributed by atoms with Crippen molar-refractivity contribution >= 4 is 55.8 Å². The van der Waals surface area contributed by atoms with E-state index < -0.39 is 17.8 Å². The number of hydrogen-bond donors (Lipinski definition) is 3. The maximum Gasteiger partial charge on any atom is 0.276 e. The number of amides is 1. The van der Waals surface area contributed by atoms with Crippen LogP contribution in [0.4, 0.5) is 15.8 Å². The highest BCUT2D eigenvalue weighted by Gasteiger charge is 2.17. The Morgan fingerprint density at radius 3 is 2.70 bits per heavy atom. The van der Waals surface area contributed by atoms with E-state index in [0.717, 1.165) is 14.8 Å². The van der Waals surface area contributed by atoms with Crippen molar-refractivity contribution in [3.8, 4) is 0 Å². The number of aliphatic hydroxyl groups excluding tert-OH is 1. The zero-order chi connectivity index (χ0) is 20.0. The van der Waals surface area contributed by atoms with Gasteiger partial charge < -0.3 is 15.2 Å². The van der Waals surface area contributed by atoms with Gasteiger partial charge in [0.1, 0.15) is 18.5 Å². The van der Waals surface area contributed by atoms with Crippen LogP contribution >= 0.6 is 38.5 Å². The van der Waals surface area contributed by atoms with E-state index in [1.807, 2.05) is 25.1 Å². The third kappa shape index (κ3) is 6.39. The number of nitrogens with one attached hydrogen (secondary N) is 2. The van der Waals surface area contributed by atoms with Gasteiger partial charge in [-0.2, -0.15) is 0 Å². The molecule has 0 aliphatic rings. The van der Waals surface area contributed by atoms with E-state index in [2.05, 4.69) is 49.3 Å². The van der Waals surface area contributed by atoms with E-state index in [0.29, 0.717) is 5.69 Å². The molecule has 0 radical (unpaired) electrons.